The number of alkyl carbamates (subject to hydrolysis) is 1. The highest BCUT2D eigenvalue weighted by Crippen LogP contribution is 2.49. The number of rotatable bonds is 26. The van der Waals surface area contributed by atoms with E-state index in [0.717, 1.165) is 16.0 Å². The van der Waals surface area contributed by atoms with Crippen molar-refractivity contribution in [3.63, 3.8) is 0 Å². The van der Waals surface area contributed by atoms with Gasteiger partial charge >= 0.3 is 24.1 Å². The summed E-state index contributed by atoms with van der Waals surface area (Å²) in [6.07, 6.45) is 1.46. The third kappa shape index (κ3) is 20.1. The highest BCUT2D eigenvalue weighted by atomic mass is 79.9. The number of carbonyl (C=O) groups excluding carboxylic acids is 10. The lowest BCUT2D eigenvalue weighted by Crippen LogP contribution is -2.63. The predicted molar refractivity (Wildman–Crippen MR) is 345 cm³/mol. The number of hydrogen-bond acceptors (Lipinski definition) is 17. The molecule has 0 saturated carbocycles. The number of halogens is 3. The Morgan fingerprint density at radius 3 is 2.32 bits per heavy atom. The Balaban J connectivity index is 1.37. The lowest BCUT2D eigenvalue weighted by molar-refractivity contribution is -0.158. The molecular weight excluding hydrogens is 1340 g/mol. The maximum absolute atomic E-state index is 14.6. The first kappa shape index (κ1) is 74.9. The zero-order valence-electron chi connectivity index (χ0n) is 53.2. The average molecular weight is 1420 g/mol. The molecule has 0 aliphatic carbocycles. The molecule has 9 N–H and O–H groups in total. The third-order valence-electron chi connectivity index (χ3n) is 16.3. The summed E-state index contributed by atoms with van der Waals surface area (Å²) in [4.78, 5) is 138. The van der Waals surface area contributed by atoms with E-state index in [1.54, 1.807) is 52.0 Å². The molecule has 5 rings (SSSR count). The van der Waals surface area contributed by atoms with Crippen LogP contribution in [0.4, 0.5) is 21.0 Å². The first-order valence-corrected chi connectivity index (χ1v) is 32.5. The SMILES string of the molecule is CNC(=O)c1cc(C(=O)N(C)[C@@H](C)C(=O)O[C@H]2CC(=O)N(C)c3cc(cc(OC)c3Cl)C/C(C)=C/C=C/[C@@H](OC)[C@@]3(O)C[C@H](OC(=O)N3)[C@@H](C)[C@@H]3O[C@@]23C)ccc1NC(=O)[C@H](CCCNC(N)=O)NC(=O)[C@@H](NC(=O)CCCCCOC(=O)C(CBr)CBr)C(C)C. The van der Waals surface area contributed by atoms with E-state index < -0.39 is 126 Å². The van der Waals surface area contributed by atoms with Gasteiger partial charge in [0.05, 0.1) is 49.1 Å². The van der Waals surface area contributed by atoms with Crippen molar-refractivity contribution in [2.24, 2.45) is 23.5 Å². The standard InChI is InChI=1S/C62H86Br2ClN9O17/c1-33(2)51(71-48(75)20-13-12-14-24-88-58(82)39(31-63)32-64)55(79)70-42(18-16-23-68-59(66)83)54(78)69-41-22-21-38(28-40(41)53(77)67-7)56(80)73(8)36(5)57(81)90-47-29-49(76)74(9)43-26-37(27-44(86-10)50(43)65)25-34(3)17-15-19-46(87-11)62(85)30-45(89-60(84)72-62)35(4)52-61(47,6)91-52/h15,17,19,21-22,26-28,33,35-36,39,42,45-47,51-52,85H,12-14,16,18,20,23-25,29-32H2,1-11H3,(H,67,77)(H,69,78)(H,70,79)(H,71,75)(H,72,84)(H3,66,68,83)/b19-15+,34-17+/t35-,36+,42+,45+,46-,47+,51+,52+,61+,62+/m1/s1. The fourth-order valence-corrected chi connectivity index (χ4v) is 12.5. The second-order valence-corrected chi connectivity index (χ2v) is 25.1. The molecule has 26 nitrogen and oxygen atoms in total. The number of anilines is 2. The molecule has 0 radical (unpaired) electrons. The average Bonchev–Trinajstić information content (AvgIpc) is 1.58. The van der Waals surface area contributed by atoms with Gasteiger partial charge in [-0.25, -0.2) is 14.4 Å². The number of fused-ring (bicyclic) bond motifs is 5. The molecule has 91 heavy (non-hydrogen) atoms. The minimum Gasteiger partial charge on any atom is -0.495 e. The fraction of sp³-hybridized carbons (Fsp3) is 0.581. The van der Waals surface area contributed by atoms with Gasteiger partial charge in [-0.1, -0.05) is 88.0 Å². The summed E-state index contributed by atoms with van der Waals surface area (Å²) in [5, 5.41) is 28.6. The number of benzene rings is 2. The van der Waals surface area contributed by atoms with E-state index in [-0.39, 0.29) is 78.3 Å². The lowest BCUT2D eigenvalue weighted by Gasteiger charge is -2.42. The molecule has 3 aliphatic heterocycles. The number of methoxy groups -OCH3 is 2. The molecule has 0 unspecified atom stereocenters. The van der Waals surface area contributed by atoms with Crippen molar-refractivity contribution in [2.45, 2.75) is 153 Å². The Labute approximate surface area is 552 Å². The summed E-state index contributed by atoms with van der Waals surface area (Å²) in [6.45, 7) is 10.3. The van der Waals surface area contributed by atoms with Crippen LogP contribution in [0, 0.1) is 17.8 Å². The van der Waals surface area contributed by atoms with Crippen LogP contribution in [0.15, 0.2) is 54.1 Å². The topological polar surface area (TPSA) is 354 Å². The van der Waals surface area contributed by atoms with Crippen molar-refractivity contribution >= 4 is 114 Å². The maximum atomic E-state index is 14.6. The molecule has 2 aromatic rings. The van der Waals surface area contributed by atoms with Gasteiger partial charge in [-0.3, -0.25) is 38.9 Å². The number of epoxide rings is 1. The Hall–Kier alpha value is -6.85. The molecule has 9 amide bonds. The summed E-state index contributed by atoms with van der Waals surface area (Å²) in [7, 11) is 6.99. The molecule has 29 heteroatoms. The number of urea groups is 1. The number of allylic oxidation sites excluding steroid dienone is 3. The van der Waals surface area contributed by atoms with Crippen molar-refractivity contribution in [2.75, 3.05) is 69.4 Å². The van der Waals surface area contributed by atoms with Crippen molar-refractivity contribution in [1.29, 1.82) is 0 Å². The number of nitrogens with two attached hydrogens (primary N) is 1. The first-order valence-electron chi connectivity index (χ1n) is 29.9. The Morgan fingerprint density at radius 1 is 0.978 bits per heavy atom. The van der Waals surface area contributed by atoms with Crippen LogP contribution in [-0.4, -0.2) is 183 Å². The number of alkyl halides is 2. The summed E-state index contributed by atoms with van der Waals surface area (Å²) in [5.74, 6) is -6.42. The quantitative estimate of drug-likeness (QED) is 0.0184. The molecule has 0 aromatic heterocycles. The molecule has 3 heterocycles. The smallest absolute Gasteiger partial charge is 0.409 e. The van der Waals surface area contributed by atoms with Crippen LogP contribution in [0.1, 0.15) is 119 Å². The van der Waals surface area contributed by atoms with Gasteiger partial charge in [0, 0.05) is 69.8 Å². The number of esters is 2. The van der Waals surface area contributed by atoms with Gasteiger partial charge in [0.15, 0.2) is 5.72 Å². The number of aliphatic hydroxyl groups is 1. The predicted octanol–water partition coefficient (Wildman–Crippen LogP) is 5.71. The summed E-state index contributed by atoms with van der Waals surface area (Å²) in [6, 6.07) is 2.72. The van der Waals surface area contributed by atoms with Crippen LogP contribution < -0.4 is 47.3 Å². The highest BCUT2D eigenvalue weighted by Gasteiger charge is 2.64. The van der Waals surface area contributed by atoms with E-state index in [2.05, 4.69) is 63.8 Å². The van der Waals surface area contributed by atoms with Gasteiger partial charge in [-0.05, 0) is 101 Å². The Kier molecular flexibility index (Phi) is 28.1. The van der Waals surface area contributed by atoms with Crippen LogP contribution in [-0.2, 0) is 58.9 Å². The minimum absolute atomic E-state index is 0.0324. The second kappa shape index (κ2) is 34.2. The van der Waals surface area contributed by atoms with Crippen LogP contribution in [0.3, 0.4) is 0 Å². The van der Waals surface area contributed by atoms with Crippen molar-refractivity contribution < 1.29 is 81.5 Å². The number of carbonyl (C=O) groups is 10. The van der Waals surface area contributed by atoms with Crippen LogP contribution in [0.2, 0.25) is 5.02 Å². The number of ether oxygens (including phenoxy) is 6. The largest absolute Gasteiger partial charge is 0.495 e. The van der Waals surface area contributed by atoms with Crippen molar-refractivity contribution in [3.05, 3.63) is 75.8 Å². The maximum Gasteiger partial charge on any atom is 0.409 e. The normalized spacial score (nSPS) is 23.5. The molecular formula is C62H86Br2ClN9O17. The molecule has 10 atom stereocenters. The summed E-state index contributed by atoms with van der Waals surface area (Å²) < 4.78 is 34.9. The number of nitrogens with one attached hydrogen (secondary N) is 6. The number of likely N-dealkylation sites (N-methyl/N-ethyl adjacent to an activating group) is 1. The first-order chi connectivity index (χ1) is 43.0. The second-order valence-electron chi connectivity index (χ2n) is 23.4. The van der Waals surface area contributed by atoms with E-state index in [9.17, 15) is 53.1 Å². The molecule has 2 fully saturated rings. The van der Waals surface area contributed by atoms with Gasteiger partial charge in [-0.15, -0.1) is 0 Å². The lowest BCUT2D eigenvalue weighted by atomic mass is 9.83. The molecule has 0 spiro atoms. The van der Waals surface area contributed by atoms with Crippen molar-refractivity contribution in [1.82, 2.24) is 31.5 Å². The Bertz CT molecular complexity index is 3060. The summed E-state index contributed by atoms with van der Waals surface area (Å²) >= 11 is 13.4. The van der Waals surface area contributed by atoms with Gasteiger partial charge in [0.2, 0.25) is 23.6 Å². The number of hydrogen-bond donors (Lipinski definition) is 8. The number of nitrogens with zero attached hydrogens (tertiary/aromatic N) is 2. The van der Waals surface area contributed by atoms with E-state index >= 15 is 0 Å². The van der Waals surface area contributed by atoms with Gasteiger partial charge in [0.1, 0.15) is 52.8 Å². The van der Waals surface area contributed by atoms with E-state index in [1.807, 2.05) is 13.0 Å². The molecule has 3 aliphatic rings. The van der Waals surface area contributed by atoms with Gasteiger partial charge in [-0.2, -0.15) is 0 Å². The van der Waals surface area contributed by atoms with Crippen molar-refractivity contribution in [3.8, 4) is 5.75 Å². The van der Waals surface area contributed by atoms with E-state index in [0.29, 0.717) is 42.0 Å². The van der Waals surface area contributed by atoms with Crippen LogP contribution in [0.25, 0.3) is 0 Å². The molecule has 2 saturated heterocycles. The van der Waals surface area contributed by atoms with Crippen LogP contribution in [0.5, 0.6) is 5.75 Å². The van der Waals surface area contributed by atoms with E-state index in [1.165, 1.54) is 65.4 Å². The Morgan fingerprint density at radius 2 is 1.68 bits per heavy atom. The zero-order valence-corrected chi connectivity index (χ0v) is 57.1. The van der Waals surface area contributed by atoms with Crippen LogP contribution >= 0.6 is 43.5 Å². The summed E-state index contributed by atoms with van der Waals surface area (Å²) in [5.41, 5.74) is 3.42. The monoisotopic (exact) mass is 1420 g/mol. The van der Waals surface area contributed by atoms with Gasteiger partial charge in [0.25, 0.3) is 11.8 Å². The zero-order chi connectivity index (χ0) is 67.7. The van der Waals surface area contributed by atoms with E-state index in [4.69, 9.17) is 45.8 Å². The van der Waals surface area contributed by atoms with Gasteiger partial charge < -0.3 is 75.6 Å². The molecule has 502 valence electrons. The molecule has 2 aromatic carbocycles. The highest BCUT2D eigenvalue weighted by molar-refractivity contribution is 9.09. The number of amides is 9. The minimum atomic E-state index is -1.94. The third-order valence-corrected chi connectivity index (χ3v) is 18.3. The number of primary amides is 1. The fourth-order valence-electron chi connectivity index (χ4n) is 10.6. The molecule has 4 bridgehead atoms. The number of unbranched alkanes of at least 4 members (excludes halogenated alkanes) is 2.